The predicted molar refractivity (Wildman–Crippen MR) is 150 cm³/mol. The lowest BCUT2D eigenvalue weighted by molar-refractivity contribution is -0.121. The summed E-state index contributed by atoms with van der Waals surface area (Å²) in [6.45, 7) is 4.36. The van der Waals surface area contributed by atoms with E-state index in [1.165, 1.54) is 27.8 Å². The molecule has 1 atom stereocenters. The molecule has 3 heterocycles. The van der Waals surface area contributed by atoms with Gasteiger partial charge >= 0.3 is 0 Å². The fraction of sp³-hybridized carbons (Fsp3) is 0.481. The number of sulfonamides is 1. The molecule has 0 radical (unpaired) electrons. The van der Waals surface area contributed by atoms with Gasteiger partial charge in [0.2, 0.25) is 15.9 Å². The van der Waals surface area contributed by atoms with E-state index in [1.54, 1.807) is 31.3 Å². The largest absolute Gasteiger partial charge is 0.495 e. The maximum absolute atomic E-state index is 14.2. The van der Waals surface area contributed by atoms with E-state index in [4.69, 9.17) is 19.2 Å². The van der Waals surface area contributed by atoms with Crippen LogP contribution in [0.25, 0.3) is 10.2 Å². The van der Waals surface area contributed by atoms with Gasteiger partial charge in [0.25, 0.3) is 0 Å². The summed E-state index contributed by atoms with van der Waals surface area (Å²) in [6, 6.07) is 7.35. The van der Waals surface area contributed by atoms with E-state index in [1.807, 2.05) is 0 Å². The van der Waals surface area contributed by atoms with Crippen LogP contribution in [-0.4, -0.2) is 94.7 Å². The van der Waals surface area contributed by atoms with Gasteiger partial charge in [0, 0.05) is 32.7 Å². The molecule has 0 saturated carbocycles. The van der Waals surface area contributed by atoms with E-state index >= 15 is 0 Å². The monoisotopic (exact) mass is 592 g/mol. The van der Waals surface area contributed by atoms with Gasteiger partial charge in [-0.05, 0) is 55.7 Å². The second kappa shape index (κ2) is 12.4. The number of thiazole rings is 1. The second-order valence-electron chi connectivity index (χ2n) is 9.67. The van der Waals surface area contributed by atoms with E-state index in [9.17, 15) is 17.6 Å². The van der Waals surface area contributed by atoms with Crippen molar-refractivity contribution in [3.63, 3.8) is 0 Å². The quantitative estimate of drug-likeness (QED) is 0.353. The molecule has 13 heteroatoms. The molecular formula is C27H33FN4O6S2. The summed E-state index contributed by atoms with van der Waals surface area (Å²) < 4.78 is 59.0. The van der Waals surface area contributed by atoms with E-state index in [-0.39, 0.29) is 17.3 Å². The molecule has 1 aromatic heterocycles. The highest BCUT2D eigenvalue weighted by molar-refractivity contribution is 7.89. The third-order valence-corrected chi connectivity index (χ3v) is 10.3. The summed E-state index contributed by atoms with van der Waals surface area (Å²) >= 11 is 1.31. The number of nitrogens with zero attached hydrogens (tertiary/aromatic N) is 4. The minimum atomic E-state index is -4.01. The van der Waals surface area contributed by atoms with E-state index < -0.39 is 21.9 Å². The lowest BCUT2D eigenvalue weighted by Gasteiger charge is -2.30. The Balaban J connectivity index is 1.47. The summed E-state index contributed by atoms with van der Waals surface area (Å²) in [7, 11) is -0.879. The number of halogens is 1. The van der Waals surface area contributed by atoms with Crippen LogP contribution in [-0.2, 0) is 19.6 Å². The zero-order valence-corrected chi connectivity index (χ0v) is 24.2. The number of carbonyl (C=O) groups is 1. The van der Waals surface area contributed by atoms with Gasteiger partial charge in [0.05, 0.1) is 32.3 Å². The number of ether oxygens (including phenoxy) is 3. The molecule has 0 spiro atoms. The van der Waals surface area contributed by atoms with Crippen molar-refractivity contribution in [1.82, 2.24) is 14.2 Å². The van der Waals surface area contributed by atoms with Gasteiger partial charge in [-0.3, -0.25) is 14.6 Å². The van der Waals surface area contributed by atoms with Crippen LogP contribution in [0.5, 0.6) is 11.5 Å². The van der Waals surface area contributed by atoms with Gasteiger partial charge in [-0.25, -0.2) is 17.8 Å². The minimum Gasteiger partial charge on any atom is -0.495 e. The molecule has 5 rings (SSSR count). The maximum atomic E-state index is 14.2. The van der Waals surface area contributed by atoms with Crippen molar-refractivity contribution in [2.24, 2.45) is 0 Å². The number of rotatable bonds is 10. The smallest absolute Gasteiger partial charge is 0.247 e. The molecule has 40 heavy (non-hydrogen) atoms. The lowest BCUT2D eigenvalue weighted by Crippen LogP contribution is -2.48. The van der Waals surface area contributed by atoms with Gasteiger partial charge in [0.1, 0.15) is 33.6 Å². The highest BCUT2D eigenvalue weighted by atomic mass is 32.2. The highest BCUT2D eigenvalue weighted by Crippen LogP contribution is 2.41. The molecular weight excluding hydrogens is 559 g/mol. The van der Waals surface area contributed by atoms with Crippen molar-refractivity contribution in [2.45, 2.75) is 30.2 Å². The van der Waals surface area contributed by atoms with Crippen molar-refractivity contribution in [2.75, 3.05) is 65.1 Å². The first kappa shape index (κ1) is 28.7. The van der Waals surface area contributed by atoms with Crippen LogP contribution in [0, 0.1) is 5.82 Å². The van der Waals surface area contributed by atoms with Crippen LogP contribution in [0.3, 0.4) is 0 Å². The number of amides is 1. The number of benzene rings is 2. The Labute approximate surface area is 237 Å². The number of aromatic nitrogens is 1. The summed E-state index contributed by atoms with van der Waals surface area (Å²) in [5.74, 6) is 0.310. The standard InChI is InChI=1S/C27H33FN4O6S2/c1-36-22-10-11-23(37-2)25-24(22)29-27(39-25)31(13-4-12-30-15-17-38-18-16-30)26(33)21-5-3-14-32(21)40(34,35)20-8-6-19(28)7-9-20/h6-11,21H,3-5,12-18H2,1-2H3. The van der Waals surface area contributed by atoms with E-state index in [0.29, 0.717) is 61.2 Å². The van der Waals surface area contributed by atoms with Crippen molar-refractivity contribution in [3.8, 4) is 11.5 Å². The Bertz CT molecular complexity index is 1400. The predicted octanol–water partition coefficient (Wildman–Crippen LogP) is 3.36. The third-order valence-electron chi connectivity index (χ3n) is 7.26. The molecule has 2 saturated heterocycles. The van der Waals surface area contributed by atoms with E-state index in [2.05, 4.69) is 4.90 Å². The van der Waals surface area contributed by atoms with Crippen LogP contribution in [0.4, 0.5) is 9.52 Å². The first-order chi connectivity index (χ1) is 19.3. The zero-order valence-electron chi connectivity index (χ0n) is 22.5. The number of morpholine rings is 1. The number of anilines is 1. The molecule has 0 N–H and O–H groups in total. The molecule has 10 nitrogen and oxygen atoms in total. The summed E-state index contributed by atoms with van der Waals surface area (Å²) in [5, 5.41) is 0.454. The van der Waals surface area contributed by atoms with Crippen LogP contribution < -0.4 is 14.4 Å². The number of methoxy groups -OCH3 is 2. The average molecular weight is 593 g/mol. The SMILES string of the molecule is COc1ccc(OC)c2sc(N(CCCN3CCOCC3)C(=O)C3CCCN3S(=O)(=O)c3ccc(F)cc3)nc12. The first-order valence-electron chi connectivity index (χ1n) is 13.2. The molecule has 3 aromatic rings. The summed E-state index contributed by atoms with van der Waals surface area (Å²) in [4.78, 5) is 22.8. The molecule has 2 fully saturated rings. The minimum absolute atomic E-state index is 0.0399. The number of hydrogen-bond donors (Lipinski definition) is 0. The van der Waals surface area contributed by atoms with Gasteiger partial charge in [0.15, 0.2) is 5.13 Å². The normalized spacial score (nSPS) is 18.7. The number of hydrogen-bond acceptors (Lipinski definition) is 9. The van der Waals surface area contributed by atoms with Crippen molar-refractivity contribution in [3.05, 3.63) is 42.2 Å². The van der Waals surface area contributed by atoms with Crippen LogP contribution in [0.2, 0.25) is 0 Å². The van der Waals surface area contributed by atoms with Gasteiger partial charge in [-0.1, -0.05) is 11.3 Å². The number of fused-ring (bicyclic) bond motifs is 1. The molecule has 2 aliphatic heterocycles. The highest BCUT2D eigenvalue weighted by Gasteiger charge is 2.42. The Morgan fingerprint density at radius 1 is 1.10 bits per heavy atom. The average Bonchev–Trinajstić information content (AvgIpc) is 3.64. The summed E-state index contributed by atoms with van der Waals surface area (Å²) in [5.41, 5.74) is 0.579. The molecule has 1 amide bonds. The van der Waals surface area contributed by atoms with Crippen LogP contribution in [0.1, 0.15) is 19.3 Å². The van der Waals surface area contributed by atoms with Gasteiger partial charge in [-0.2, -0.15) is 4.31 Å². The second-order valence-corrected chi connectivity index (χ2v) is 12.5. The molecule has 2 aromatic carbocycles. The first-order valence-corrected chi connectivity index (χ1v) is 15.5. The van der Waals surface area contributed by atoms with Gasteiger partial charge < -0.3 is 14.2 Å². The Morgan fingerprint density at radius 2 is 1.80 bits per heavy atom. The fourth-order valence-electron chi connectivity index (χ4n) is 5.16. The van der Waals surface area contributed by atoms with Crippen LogP contribution >= 0.6 is 11.3 Å². The van der Waals surface area contributed by atoms with Crippen LogP contribution in [0.15, 0.2) is 41.3 Å². The lowest BCUT2D eigenvalue weighted by atomic mass is 10.2. The van der Waals surface area contributed by atoms with Crippen molar-refractivity contribution in [1.29, 1.82) is 0 Å². The number of carbonyl (C=O) groups excluding carboxylic acids is 1. The fourth-order valence-corrected chi connectivity index (χ4v) is 7.92. The van der Waals surface area contributed by atoms with E-state index in [0.717, 1.165) is 36.5 Å². The third kappa shape index (κ3) is 5.79. The van der Waals surface area contributed by atoms with Crippen molar-refractivity contribution >= 4 is 42.6 Å². The molecule has 216 valence electrons. The molecule has 0 bridgehead atoms. The Kier molecular flexibility index (Phi) is 8.86. The molecule has 1 unspecified atom stereocenters. The molecule has 0 aliphatic carbocycles. The Morgan fingerprint density at radius 3 is 2.50 bits per heavy atom. The summed E-state index contributed by atoms with van der Waals surface area (Å²) in [6.07, 6.45) is 1.60. The topological polar surface area (TPSA) is 102 Å². The van der Waals surface area contributed by atoms with Gasteiger partial charge in [-0.15, -0.1) is 0 Å². The Hall–Kier alpha value is -2.84. The zero-order chi connectivity index (χ0) is 28.3. The maximum Gasteiger partial charge on any atom is 0.247 e. The molecule has 2 aliphatic rings. The van der Waals surface area contributed by atoms with Crippen molar-refractivity contribution < 1.29 is 31.8 Å².